The van der Waals surface area contributed by atoms with Gasteiger partial charge in [0.25, 0.3) is 0 Å². The van der Waals surface area contributed by atoms with Gasteiger partial charge in [0, 0.05) is 31.4 Å². The van der Waals surface area contributed by atoms with Gasteiger partial charge in [-0.15, -0.1) is 0 Å². The second-order valence-corrected chi connectivity index (χ2v) is 7.27. The van der Waals surface area contributed by atoms with Crippen LogP contribution in [0.2, 0.25) is 0 Å². The minimum Gasteiger partial charge on any atom is -0.478 e. The summed E-state index contributed by atoms with van der Waals surface area (Å²) in [6.45, 7) is 11.2. The Morgan fingerprint density at radius 3 is 2.46 bits per heavy atom. The number of carboxylic acid groups (broad SMARTS) is 1. The van der Waals surface area contributed by atoms with Crippen LogP contribution in [0.25, 0.3) is 0 Å². The molecule has 132 valence electrons. The molecule has 1 saturated heterocycles. The number of piperazine rings is 1. The third-order valence-electron chi connectivity index (χ3n) is 4.07. The van der Waals surface area contributed by atoms with Crippen molar-refractivity contribution in [2.45, 2.75) is 46.3 Å². The van der Waals surface area contributed by atoms with Crippen LogP contribution in [0.4, 0.5) is 10.5 Å². The fourth-order valence-electron chi connectivity index (χ4n) is 2.82. The van der Waals surface area contributed by atoms with E-state index in [1.807, 2.05) is 39.8 Å². The number of ether oxygens (including phenoxy) is 1. The third-order valence-corrected chi connectivity index (χ3v) is 4.07. The van der Waals surface area contributed by atoms with Gasteiger partial charge in [-0.2, -0.15) is 0 Å². The predicted molar refractivity (Wildman–Crippen MR) is 92.8 cm³/mol. The van der Waals surface area contributed by atoms with Crippen molar-refractivity contribution in [3.8, 4) is 0 Å². The number of benzene rings is 1. The maximum atomic E-state index is 12.3. The molecule has 0 radical (unpaired) electrons. The Balaban J connectivity index is 2.09. The Hall–Kier alpha value is -2.24. The lowest BCUT2D eigenvalue weighted by Crippen LogP contribution is -2.55. The molecule has 1 amide bonds. The minimum absolute atomic E-state index is 0.0109. The quantitative estimate of drug-likeness (QED) is 0.900. The number of carbonyl (C=O) groups excluding carboxylic acids is 1. The maximum Gasteiger partial charge on any atom is 0.410 e. The van der Waals surface area contributed by atoms with Gasteiger partial charge in [-0.1, -0.05) is 6.07 Å². The molecular formula is C18H26N2O4. The molecule has 1 aromatic rings. The van der Waals surface area contributed by atoms with Crippen molar-refractivity contribution in [3.05, 3.63) is 29.3 Å². The average Bonchev–Trinajstić information content (AvgIpc) is 2.45. The summed E-state index contributed by atoms with van der Waals surface area (Å²) >= 11 is 0. The van der Waals surface area contributed by atoms with Gasteiger partial charge in [0.05, 0.1) is 5.56 Å². The highest BCUT2D eigenvalue weighted by atomic mass is 16.6. The van der Waals surface area contributed by atoms with E-state index in [0.29, 0.717) is 25.2 Å². The summed E-state index contributed by atoms with van der Waals surface area (Å²) in [5.74, 6) is -0.921. The minimum atomic E-state index is -0.921. The first-order valence-corrected chi connectivity index (χ1v) is 8.17. The smallest absolute Gasteiger partial charge is 0.410 e. The van der Waals surface area contributed by atoms with Gasteiger partial charge >= 0.3 is 12.1 Å². The first kappa shape index (κ1) is 18.1. The van der Waals surface area contributed by atoms with Crippen LogP contribution < -0.4 is 4.90 Å². The van der Waals surface area contributed by atoms with Crippen molar-refractivity contribution in [2.75, 3.05) is 24.5 Å². The van der Waals surface area contributed by atoms with Crippen molar-refractivity contribution in [1.82, 2.24) is 4.90 Å². The highest BCUT2D eigenvalue weighted by Crippen LogP contribution is 2.23. The van der Waals surface area contributed by atoms with E-state index < -0.39 is 11.6 Å². The molecule has 1 fully saturated rings. The standard InChI is InChI=1S/C18H26N2O4/c1-12-6-7-14(10-15(12)16(21)22)19-8-9-20(13(2)11-19)17(23)24-18(3,4)5/h6-7,10,13H,8-9,11H2,1-5H3,(H,21,22)/t13-/m1/s1. The average molecular weight is 334 g/mol. The number of aryl methyl sites for hydroxylation is 1. The number of hydrogen-bond donors (Lipinski definition) is 1. The molecule has 6 heteroatoms. The van der Waals surface area contributed by atoms with Gasteiger partial charge in [0.1, 0.15) is 5.60 Å². The molecule has 1 heterocycles. The second-order valence-electron chi connectivity index (χ2n) is 7.27. The number of amides is 1. The molecule has 0 aromatic heterocycles. The van der Waals surface area contributed by atoms with Gasteiger partial charge in [0.15, 0.2) is 0 Å². The van der Waals surface area contributed by atoms with Crippen LogP contribution >= 0.6 is 0 Å². The fourth-order valence-corrected chi connectivity index (χ4v) is 2.82. The van der Waals surface area contributed by atoms with E-state index in [9.17, 15) is 14.7 Å². The van der Waals surface area contributed by atoms with Gasteiger partial charge in [-0.25, -0.2) is 9.59 Å². The van der Waals surface area contributed by atoms with Gasteiger partial charge < -0.3 is 19.6 Å². The molecular weight excluding hydrogens is 308 g/mol. The third kappa shape index (κ3) is 4.19. The molecule has 1 aliphatic heterocycles. The van der Waals surface area contributed by atoms with Crippen molar-refractivity contribution >= 4 is 17.7 Å². The number of nitrogens with zero attached hydrogens (tertiary/aromatic N) is 2. The monoisotopic (exact) mass is 334 g/mol. The molecule has 1 atom stereocenters. The molecule has 6 nitrogen and oxygen atoms in total. The summed E-state index contributed by atoms with van der Waals surface area (Å²) in [4.78, 5) is 27.4. The van der Waals surface area contributed by atoms with Crippen molar-refractivity contribution in [3.63, 3.8) is 0 Å². The van der Waals surface area contributed by atoms with Crippen LogP contribution in [0.3, 0.4) is 0 Å². The van der Waals surface area contributed by atoms with Crippen LogP contribution in [-0.2, 0) is 4.74 Å². The molecule has 1 aliphatic rings. The van der Waals surface area contributed by atoms with Crippen LogP contribution in [0.1, 0.15) is 43.6 Å². The highest BCUT2D eigenvalue weighted by Gasteiger charge is 2.31. The zero-order valence-electron chi connectivity index (χ0n) is 15.0. The molecule has 0 bridgehead atoms. The number of aromatic carboxylic acids is 1. The van der Waals surface area contributed by atoms with E-state index in [1.165, 1.54) is 0 Å². The molecule has 0 unspecified atom stereocenters. The molecule has 0 aliphatic carbocycles. The van der Waals surface area contributed by atoms with Crippen LogP contribution in [0, 0.1) is 6.92 Å². The number of hydrogen-bond acceptors (Lipinski definition) is 4. The Labute approximate surface area is 143 Å². The Morgan fingerprint density at radius 2 is 1.92 bits per heavy atom. The number of rotatable bonds is 2. The summed E-state index contributed by atoms with van der Waals surface area (Å²) in [5.41, 5.74) is 1.41. The lowest BCUT2D eigenvalue weighted by molar-refractivity contribution is 0.0159. The van der Waals surface area contributed by atoms with Crippen molar-refractivity contribution < 1.29 is 19.4 Å². The summed E-state index contributed by atoms with van der Waals surface area (Å²) in [7, 11) is 0. The van der Waals surface area contributed by atoms with Gasteiger partial charge in [0.2, 0.25) is 0 Å². The van der Waals surface area contributed by atoms with Crippen LogP contribution in [0.5, 0.6) is 0 Å². The van der Waals surface area contributed by atoms with Gasteiger partial charge in [-0.05, 0) is 52.3 Å². The number of anilines is 1. The SMILES string of the molecule is Cc1ccc(N2CCN(C(=O)OC(C)(C)C)[C@H](C)C2)cc1C(=O)O. The molecule has 1 N–H and O–H groups in total. The van der Waals surface area contributed by atoms with E-state index in [2.05, 4.69) is 4.90 Å². The van der Waals surface area contributed by atoms with Crippen LogP contribution in [-0.4, -0.2) is 53.3 Å². The molecule has 0 saturated carbocycles. The Morgan fingerprint density at radius 1 is 1.25 bits per heavy atom. The normalized spacial score (nSPS) is 18.5. The fraction of sp³-hybridized carbons (Fsp3) is 0.556. The van der Waals surface area contributed by atoms with E-state index in [0.717, 1.165) is 11.3 Å². The summed E-state index contributed by atoms with van der Waals surface area (Å²) in [6.07, 6.45) is -0.301. The first-order chi connectivity index (χ1) is 11.1. The largest absolute Gasteiger partial charge is 0.478 e. The van der Waals surface area contributed by atoms with Crippen LogP contribution in [0.15, 0.2) is 18.2 Å². The van der Waals surface area contributed by atoms with Crippen molar-refractivity contribution in [1.29, 1.82) is 0 Å². The summed E-state index contributed by atoms with van der Waals surface area (Å²) in [6, 6.07) is 5.44. The predicted octanol–water partition coefficient (Wildman–Crippen LogP) is 3.14. The second kappa shape index (κ2) is 6.71. The first-order valence-electron chi connectivity index (χ1n) is 8.17. The zero-order chi connectivity index (χ0) is 18.1. The van der Waals surface area contributed by atoms with Gasteiger partial charge in [-0.3, -0.25) is 0 Å². The van der Waals surface area contributed by atoms with E-state index >= 15 is 0 Å². The van der Waals surface area contributed by atoms with E-state index in [4.69, 9.17) is 4.74 Å². The lowest BCUT2D eigenvalue weighted by atomic mass is 10.1. The summed E-state index contributed by atoms with van der Waals surface area (Å²) in [5, 5.41) is 9.28. The summed E-state index contributed by atoms with van der Waals surface area (Å²) < 4.78 is 5.45. The molecule has 0 spiro atoms. The zero-order valence-corrected chi connectivity index (χ0v) is 15.0. The van der Waals surface area contributed by atoms with Crippen molar-refractivity contribution in [2.24, 2.45) is 0 Å². The Bertz CT molecular complexity index is 636. The number of carbonyl (C=O) groups is 2. The lowest BCUT2D eigenvalue weighted by Gasteiger charge is -2.41. The Kier molecular flexibility index (Phi) is 5.06. The van der Waals surface area contributed by atoms with E-state index in [1.54, 1.807) is 17.9 Å². The highest BCUT2D eigenvalue weighted by molar-refractivity contribution is 5.90. The molecule has 24 heavy (non-hydrogen) atoms. The topological polar surface area (TPSA) is 70.1 Å². The number of carboxylic acids is 1. The molecule has 2 rings (SSSR count). The maximum absolute atomic E-state index is 12.3. The van der Waals surface area contributed by atoms with E-state index in [-0.39, 0.29) is 12.1 Å². The molecule has 1 aromatic carbocycles.